The van der Waals surface area contributed by atoms with Gasteiger partial charge in [0.25, 0.3) is 5.91 Å². The molecule has 2 aliphatic heterocycles. The number of nitrogens with one attached hydrogen (secondary N) is 2. The number of aliphatic hydroxyl groups excluding tert-OH is 1. The van der Waals surface area contributed by atoms with Gasteiger partial charge in [-0.15, -0.1) is 0 Å². The van der Waals surface area contributed by atoms with Crippen LogP contribution in [0.2, 0.25) is 0 Å². The van der Waals surface area contributed by atoms with Crippen LogP contribution in [0.25, 0.3) is 0 Å². The number of methoxy groups -OCH3 is 1. The summed E-state index contributed by atoms with van der Waals surface area (Å²) >= 11 is 0. The van der Waals surface area contributed by atoms with Crippen LogP contribution in [0.5, 0.6) is 5.75 Å². The van der Waals surface area contributed by atoms with E-state index in [2.05, 4.69) is 17.0 Å². The summed E-state index contributed by atoms with van der Waals surface area (Å²) in [6, 6.07) is 7.33. The van der Waals surface area contributed by atoms with Crippen LogP contribution in [0, 0.1) is 5.92 Å². The average Bonchev–Trinajstić information content (AvgIpc) is 3.08. The van der Waals surface area contributed by atoms with Crippen LogP contribution in [0.3, 0.4) is 0 Å². The molecule has 7 atom stereocenters. The number of rotatable bonds is 9. The molecule has 1 saturated heterocycles. The normalized spacial score (nSPS) is 28.1. The number of benzene rings is 1. The Morgan fingerprint density at radius 2 is 2.00 bits per heavy atom. The molecule has 5 unspecified atom stereocenters. The lowest BCUT2D eigenvalue weighted by atomic mass is 9.99. The lowest BCUT2D eigenvalue weighted by Crippen LogP contribution is -2.43. The van der Waals surface area contributed by atoms with Crippen LogP contribution < -0.4 is 14.9 Å². The maximum Gasteiger partial charge on any atom is 0.459 e. The smallest absolute Gasteiger partial charge is 0.459 e. The van der Waals surface area contributed by atoms with Gasteiger partial charge in [0.05, 0.1) is 19.3 Å². The third-order valence-corrected chi connectivity index (χ3v) is 7.27. The Balaban J connectivity index is 1.78. The zero-order valence-corrected chi connectivity index (χ0v) is 20.3. The van der Waals surface area contributed by atoms with Crippen molar-refractivity contribution in [2.75, 3.05) is 7.11 Å². The van der Waals surface area contributed by atoms with Crippen LogP contribution in [0.4, 0.5) is 0 Å². The predicted octanol–water partition coefficient (Wildman–Crippen LogP) is 1.87. The summed E-state index contributed by atoms with van der Waals surface area (Å²) in [5, 5.41) is 16.0. The van der Waals surface area contributed by atoms with Crippen LogP contribution in [-0.4, -0.2) is 59.6 Å². The van der Waals surface area contributed by atoms with Crippen molar-refractivity contribution in [2.45, 2.75) is 51.4 Å². The van der Waals surface area contributed by atoms with E-state index < -0.39 is 50.2 Å². The van der Waals surface area contributed by atoms with Gasteiger partial charge in [-0.3, -0.25) is 14.1 Å². The standard InChI is InChI=1S/C22H30N3O8P/c1-13-19(27)20(31-21(13)25-12-11-18(26)23-16(25)4)15(3)32-34(29,24-14(2)22(28)30-5)33-17-9-7-6-8-10-17/h6-15,19-21,27H,4H2,1-3,5H3,(H,23,26)(H,24,29)/t13?,14?,15?,19?,20-,21-,34?/m1/s1. The fraction of sp³-hybridized carbons (Fsp3) is 0.455. The van der Waals surface area contributed by atoms with Crippen molar-refractivity contribution in [1.82, 2.24) is 15.3 Å². The average molecular weight is 495 g/mol. The van der Waals surface area contributed by atoms with Crippen molar-refractivity contribution in [1.29, 1.82) is 0 Å². The number of amides is 1. The third-order valence-electron chi connectivity index (χ3n) is 5.50. The summed E-state index contributed by atoms with van der Waals surface area (Å²) in [6.45, 7) is 8.63. The van der Waals surface area contributed by atoms with Gasteiger partial charge in [-0.1, -0.05) is 31.7 Å². The van der Waals surface area contributed by atoms with Crippen molar-refractivity contribution in [3.05, 3.63) is 55.0 Å². The monoisotopic (exact) mass is 495 g/mol. The molecule has 11 nitrogen and oxygen atoms in total. The third kappa shape index (κ3) is 5.86. The van der Waals surface area contributed by atoms with E-state index >= 15 is 0 Å². The van der Waals surface area contributed by atoms with Gasteiger partial charge in [-0.2, -0.15) is 5.09 Å². The minimum atomic E-state index is -4.14. The topological polar surface area (TPSA) is 136 Å². The minimum Gasteiger partial charge on any atom is -0.468 e. The fourth-order valence-electron chi connectivity index (χ4n) is 3.71. The quantitative estimate of drug-likeness (QED) is 0.344. The Labute approximate surface area is 198 Å². The number of nitrogens with zero attached hydrogens (tertiary/aromatic N) is 1. The second-order valence-corrected chi connectivity index (χ2v) is 9.73. The molecule has 1 fully saturated rings. The maximum absolute atomic E-state index is 13.7. The van der Waals surface area contributed by atoms with Gasteiger partial charge in [0.15, 0.2) is 0 Å². The highest BCUT2D eigenvalue weighted by Crippen LogP contribution is 2.48. The van der Waals surface area contributed by atoms with E-state index in [0.717, 1.165) is 0 Å². The molecule has 0 spiro atoms. The maximum atomic E-state index is 13.7. The number of aliphatic hydroxyl groups is 1. The van der Waals surface area contributed by atoms with Crippen molar-refractivity contribution < 1.29 is 37.8 Å². The molecule has 2 heterocycles. The lowest BCUT2D eigenvalue weighted by Gasteiger charge is -2.33. The molecule has 2 aliphatic rings. The predicted molar refractivity (Wildman–Crippen MR) is 122 cm³/mol. The number of esters is 1. The van der Waals surface area contributed by atoms with E-state index in [0.29, 0.717) is 5.82 Å². The lowest BCUT2D eigenvalue weighted by molar-refractivity contribution is -0.142. The Bertz CT molecular complexity index is 988. The van der Waals surface area contributed by atoms with E-state index in [9.17, 15) is 19.3 Å². The zero-order chi connectivity index (χ0) is 25.0. The number of hydrogen-bond acceptors (Lipinski definition) is 9. The van der Waals surface area contributed by atoms with E-state index in [1.165, 1.54) is 26.3 Å². The molecule has 0 aliphatic carbocycles. The number of ether oxygens (including phenoxy) is 2. The first-order valence-corrected chi connectivity index (χ1v) is 12.3. The largest absolute Gasteiger partial charge is 0.468 e. The van der Waals surface area contributed by atoms with Crippen molar-refractivity contribution in [3.63, 3.8) is 0 Å². The molecule has 3 rings (SSSR count). The van der Waals surface area contributed by atoms with E-state index in [1.54, 1.807) is 49.1 Å². The van der Waals surface area contributed by atoms with Gasteiger partial charge in [0.1, 0.15) is 29.9 Å². The Kier molecular flexibility index (Phi) is 8.17. The van der Waals surface area contributed by atoms with Crippen LogP contribution in [0.1, 0.15) is 20.8 Å². The first-order chi connectivity index (χ1) is 16.0. The second kappa shape index (κ2) is 10.7. The molecule has 1 aromatic rings. The number of carbonyl (C=O) groups is 2. The van der Waals surface area contributed by atoms with Gasteiger partial charge in [0.2, 0.25) is 0 Å². The van der Waals surface area contributed by atoms with Gasteiger partial charge in [0, 0.05) is 18.2 Å². The summed E-state index contributed by atoms with van der Waals surface area (Å²) < 4.78 is 35.8. The van der Waals surface area contributed by atoms with Crippen molar-refractivity contribution in [2.24, 2.45) is 5.92 Å². The van der Waals surface area contributed by atoms with Crippen LogP contribution >= 0.6 is 7.75 Å². The summed E-state index contributed by atoms with van der Waals surface area (Å²) in [4.78, 5) is 25.1. The first-order valence-electron chi connectivity index (χ1n) is 10.7. The Morgan fingerprint density at radius 3 is 2.62 bits per heavy atom. The van der Waals surface area contributed by atoms with Gasteiger partial charge >= 0.3 is 13.7 Å². The summed E-state index contributed by atoms with van der Waals surface area (Å²) in [6.07, 6.45) is -0.641. The molecule has 0 aromatic heterocycles. The number of carbonyl (C=O) groups excluding carboxylic acids is 2. The molecule has 0 saturated carbocycles. The SMILES string of the molecule is C=C1NC(=O)C=CN1[C@@H]1O[C@H](C(C)OP(=O)(NC(C)C(=O)OC)Oc2ccccc2)C(O)C1C. The molecule has 3 N–H and O–H groups in total. The zero-order valence-electron chi connectivity index (χ0n) is 19.4. The Hall–Kier alpha value is -2.69. The summed E-state index contributed by atoms with van der Waals surface area (Å²) in [5.74, 6) is -0.824. The van der Waals surface area contributed by atoms with Crippen molar-refractivity contribution in [3.8, 4) is 5.75 Å². The number of para-hydroxylation sites is 1. The van der Waals surface area contributed by atoms with Crippen LogP contribution in [-0.2, 0) is 28.2 Å². The molecule has 12 heteroatoms. The number of hydrogen-bond donors (Lipinski definition) is 3. The molecule has 0 radical (unpaired) electrons. The molecular formula is C22H30N3O8P. The van der Waals surface area contributed by atoms with Crippen LogP contribution in [0.15, 0.2) is 55.0 Å². The fourth-order valence-corrected chi connectivity index (χ4v) is 5.40. The molecular weight excluding hydrogens is 465 g/mol. The van der Waals surface area contributed by atoms with E-state index in [1.807, 2.05) is 0 Å². The molecule has 186 valence electrons. The van der Waals surface area contributed by atoms with Gasteiger partial charge in [-0.25, -0.2) is 4.57 Å². The highest BCUT2D eigenvalue weighted by Gasteiger charge is 2.48. The first kappa shape index (κ1) is 25.9. The Morgan fingerprint density at radius 1 is 1.32 bits per heavy atom. The summed E-state index contributed by atoms with van der Waals surface area (Å²) in [5.41, 5.74) is 0. The van der Waals surface area contributed by atoms with Gasteiger partial charge in [-0.05, 0) is 26.0 Å². The highest BCUT2D eigenvalue weighted by molar-refractivity contribution is 7.52. The molecule has 1 amide bonds. The molecule has 0 bridgehead atoms. The van der Waals surface area contributed by atoms with Gasteiger partial charge < -0.3 is 29.3 Å². The molecule has 1 aromatic carbocycles. The summed E-state index contributed by atoms with van der Waals surface area (Å²) in [7, 11) is -2.92. The van der Waals surface area contributed by atoms with E-state index in [4.69, 9.17) is 18.5 Å². The minimum absolute atomic E-state index is 0.257. The van der Waals surface area contributed by atoms with E-state index in [-0.39, 0.29) is 11.7 Å². The van der Waals surface area contributed by atoms with Crippen molar-refractivity contribution >= 4 is 19.6 Å². The highest BCUT2D eigenvalue weighted by atomic mass is 31.2. The second-order valence-electron chi connectivity index (χ2n) is 8.09. The molecule has 34 heavy (non-hydrogen) atoms.